The maximum atomic E-state index is 16.1. The minimum Gasteiger partial charge on any atom is -0.206 e. The predicted molar refractivity (Wildman–Crippen MR) is 126 cm³/mol. The molecule has 1 heterocycles. The third-order valence-corrected chi connectivity index (χ3v) is 6.43. The molecular formula is C29H16F8N+. The van der Waals surface area contributed by atoms with Crippen LogP contribution in [0.2, 0.25) is 0 Å². The lowest BCUT2D eigenvalue weighted by atomic mass is 9.93. The van der Waals surface area contributed by atoms with Crippen molar-refractivity contribution in [3.05, 3.63) is 113 Å². The predicted octanol–water partition coefficient (Wildman–Crippen LogP) is 8.09. The van der Waals surface area contributed by atoms with Crippen LogP contribution in [0.1, 0.15) is 5.56 Å². The molecule has 1 nitrogen and oxygen atoms in total. The molecule has 0 spiro atoms. The van der Waals surface area contributed by atoms with E-state index in [0.29, 0.717) is 10.9 Å². The maximum absolute atomic E-state index is 16.1. The third-order valence-electron chi connectivity index (χ3n) is 6.43. The first-order chi connectivity index (χ1) is 18.0. The summed E-state index contributed by atoms with van der Waals surface area (Å²) in [5.41, 5.74) is -1.10. The SMILES string of the molecule is Cc1cc2ccc(-c3c(F)c(F)c(F)c(F)c3F)cc2c(F)c1-c1cc(-c2c(F)cccc2F)cc[n+]1C. The van der Waals surface area contributed by atoms with Crippen LogP contribution in [0.15, 0.2) is 60.8 Å². The molecule has 4 aromatic carbocycles. The number of hydrogen-bond donors (Lipinski definition) is 0. The summed E-state index contributed by atoms with van der Waals surface area (Å²) in [5, 5.41) is 0.143. The van der Waals surface area contributed by atoms with E-state index < -0.39 is 57.7 Å². The lowest BCUT2D eigenvalue weighted by Crippen LogP contribution is -2.31. The molecule has 5 aromatic rings. The van der Waals surface area contributed by atoms with E-state index in [1.165, 1.54) is 35.0 Å². The van der Waals surface area contributed by atoms with E-state index in [-0.39, 0.29) is 27.8 Å². The summed E-state index contributed by atoms with van der Waals surface area (Å²) in [7, 11) is 1.59. The fraction of sp³-hybridized carbons (Fsp3) is 0.0690. The molecule has 0 bridgehead atoms. The fourth-order valence-corrected chi connectivity index (χ4v) is 4.56. The number of halogens is 8. The molecule has 0 unspecified atom stereocenters. The maximum Gasteiger partial charge on any atom is 0.216 e. The van der Waals surface area contributed by atoms with E-state index in [1.54, 1.807) is 20.0 Å². The highest BCUT2D eigenvalue weighted by Gasteiger charge is 2.28. The highest BCUT2D eigenvalue weighted by molar-refractivity contribution is 5.92. The molecule has 1 aromatic heterocycles. The van der Waals surface area contributed by atoms with E-state index in [4.69, 9.17) is 0 Å². The second kappa shape index (κ2) is 9.24. The lowest BCUT2D eigenvalue weighted by molar-refractivity contribution is -0.660. The van der Waals surface area contributed by atoms with E-state index in [0.717, 1.165) is 24.3 Å². The zero-order chi connectivity index (χ0) is 27.5. The molecule has 0 atom stereocenters. The van der Waals surface area contributed by atoms with Gasteiger partial charge in [0.25, 0.3) is 0 Å². The molecule has 38 heavy (non-hydrogen) atoms. The Labute approximate surface area is 211 Å². The van der Waals surface area contributed by atoms with Crippen LogP contribution in [-0.2, 0) is 7.05 Å². The first-order valence-electron chi connectivity index (χ1n) is 11.2. The number of nitrogens with zero attached hydrogens (tertiary/aromatic N) is 1. The van der Waals surface area contributed by atoms with Crippen molar-refractivity contribution < 1.29 is 39.7 Å². The molecular weight excluding hydrogens is 514 g/mol. The van der Waals surface area contributed by atoms with Crippen molar-refractivity contribution in [2.45, 2.75) is 6.92 Å². The number of benzene rings is 4. The molecule has 0 aliphatic carbocycles. The van der Waals surface area contributed by atoms with Crippen LogP contribution in [0.5, 0.6) is 0 Å². The van der Waals surface area contributed by atoms with Crippen molar-refractivity contribution in [3.8, 4) is 33.5 Å². The topological polar surface area (TPSA) is 3.88 Å². The standard InChI is InChI=1S/C29H16F8N/c1-13-10-14-6-7-15(23-25(33)27(35)29(37)28(36)26(23)34)11-17(14)24(32)21(13)20-12-16(8-9-38(20)2)22-18(30)4-3-5-19(22)31/h3-12H,1-2H3/q+1. The molecule has 0 aliphatic heterocycles. The van der Waals surface area contributed by atoms with Crippen molar-refractivity contribution in [2.24, 2.45) is 7.05 Å². The molecule has 0 amide bonds. The minimum atomic E-state index is -2.30. The summed E-state index contributed by atoms with van der Waals surface area (Å²) >= 11 is 0. The first kappa shape index (κ1) is 25.4. The molecule has 0 saturated heterocycles. The number of pyridine rings is 1. The number of rotatable bonds is 3. The van der Waals surface area contributed by atoms with Gasteiger partial charge in [0.1, 0.15) is 24.5 Å². The van der Waals surface area contributed by atoms with Gasteiger partial charge >= 0.3 is 0 Å². The van der Waals surface area contributed by atoms with Gasteiger partial charge in [0.05, 0.1) is 16.7 Å². The Balaban J connectivity index is 1.76. The van der Waals surface area contributed by atoms with Crippen molar-refractivity contribution in [1.82, 2.24) is 0 Å². The largest absolute Gasteiger partial charge is 0.216 e. The van der Waals surface area contributed by atoms with Crippen LogP contribution in [0.3, 0.4) is 0 Å². The zero-order valence-electron chi connectivity index (χ0n) is 19.7. The summed E-state index contributed by atoms with van der Waals surface area (Å²) in [6, 6.07) is 11.2. The van der Waals surface area contributed by atoms with Crippen molar-refractivity contribution >= 4 is 10.8 Å². The Morgan fingerprint density at radius 2 is 1.13 bits per heavy atom. The van der Waals surface area contributed by atoms with Crippen LogP contribution in [-0.4, -0.2) is 0 Å². The Kier molecular flexibility index (Phi) is 6.17. The molecule has 9 heteroatoms. The van der Waals surface area contributed by atoms with Gasteiger partial charge in [0.15, 0.2) is 29.5 Å². The van der Waals surface area contributed by atoms with Gasteiger partial charge in [-0.25, -0.2) is 39.7 Å². The Hall–Kier alpha value is -4.27. The monoisotopic (exact) mass is 530 g/mol. The van der Waals surface area contributed by atoms with E-state index in [1.807, 2.05) is 0 Å². The summed E-state index contributed by atoms with van der Waals surface area (Å²) < 4.78 is 116. The lowest BCUT2D eigenvalue weighted by Gasteiger charge is -2.13. The second-order valence-corrected chi connectivity index (χ2v) is 8.77. The molecule has 0 radical (unpaired) electrons. The summed E-state index contributed by atoms with van der Waals surface area (Å²) in [5.74, 6) is -13.1. The average Bonchev–Trinajstić information content (AvgIpc) is 2.88. The number of fused-ring (bicyclic) bond motifs is 1. The van der Waals surface area contributed by atoms with Crippen LogP contribution in [0, 0.1) is 53.5 Å². The quantitative estimate of drug-likeness (QED) is 0.0961. The van der Waals surface area contributed by atoms with E-state index in [2.05, 4.69) is 0 Å². The Morgan fingerprint density at radius 3 is 1.76 bits per heavy atom. The highest BCUT2D eigenvalue weighted by atomic mass is 19.2. The van der Waals surface area contributed by atoms with Gasteiger partial charge in [-0.1, -0.05) is 24.3 Å². The average molecular weight is 530 g/mol. The second-order valence-electron chi connectivity index (χ2n) is 8.77. The Bertz CT molecular complexity index is 1730. The van der Waals surface area contributed by atoms with Crippen LogP contribution in [0.4, 0.5) is 35.1 Å². The molecule has 0 aliphatic rings. The van der Waals surface area contributed by atoms with Crippen molar-refractivity contribution in [1.29, 1.82) is 0 Å². The normalized spacial score (nSPS) is 11.4. The van der Waals surface area contributed by atoms with Crippen molar-refractivity contribution in [3.63, 3.8) is 0 Å². The molecule has 0 fully saturated rings. The van der Waals surface area contributed by atoms with E-state index in [9.17, 15) is 30.7 Å². The fourth-order valence-electron chi connectivity index (χ4n) is 4.56. The van der Waals surface area contributed by atoms with Gasteiger partial charge in [-0.2, -0.15) is 0 Å². The molecule has 5 rings (SSSR count). The smallest absolute Gasteiger partial charge is 0.206 e. The minimum absolute atomic E-state index is 0.0214. The molecule has 192 valence electrons. The number of aryl methyl sites for hydroxylation is 2. The zero-order valence-corrected chi connectivity index (χ0v) is 19.7. The van der Waals surface area contributed by atoms with Gasteiger partial charge < -0.3 is 0 Å². The van der Waals surface area contributed by atoms with Gasteiger partial charge in [-0.15, -0.1) is 0 Å². The van der Waals surface area contributed by atoms with E-state index >= 15 is 4.39 Å². The highest BCUT2D eigenvalue weighted by Crippen LogP contribution is 2.37. The molecule has 0 saturated carbocycles. The Morgan fingerprint density at radius 1 is 0.553 bits per heavy atom. The van der Waals surface area contributed by atoms with Gasteiger partial charge in [0, 0.05) is 23.1 Å². The summed E-state index contributed by atoms with van der Waals surface area (Å²) in [6.45, 7) is 1.60. The van der Waals surface area contributed by atoms with Gasteiger partial charge in [0.2, 0.25) is 11.5 Å². The summed E-state index contributed by atoms with van der Waals surface area (Å²) in [6.07, 6.45) is 1.49. The number of aromatic nitrogens is 1. The first-order valence-corrected chi connectivity index (χ1v) is 11.2. The third kappa shape index (κ3) is 3.89. The van der Waals surface area contributed by atoms with Crippen LogP contribution >= 0.6 is 0 Å². The van der Waals surface area contributed by atoms with Crippen molar-refractivity contribution in [2.75, 3.05) is 0 Å². The number of hydrogen-bond acceptors (Lipinski definition) is 0. The van der Waals surface area contributed by atoms with Gasteiger partial charge in [-0.3, -0.25) is 0 Å². The van der Waals surface area contributed by atoms with Gasteiger partial charge in [-0.05, 0) is 41.6 Å². The van der Waals surface area contributed by atoms with Crippen LogP contribution < -0.4 is 4.57 Å². The van der Waals surface area contributed by atoms with Crippen LogP contribution in [0.25, 0.3) is 44.3 Å². The molecule has 0 N–H and O–H groups in total. The summed E-state index contributed by atoms with van der Waals surface area (Å²) in [4.78, 5) is 0.